The number of anilines is 2. The van der Waals surface area contributed by atoms with Gasteiger partial charge in [-0.25, -0.2) is 15.6 Å². The molecular weight excluding hydrogens is 374 g/mol. The van der Waals surface area contributed by atoms with Crippen molar-refractivity contribution in [2.24, 2.45) is 5.84 Å². The second kappa shape index (κ2) is 8.44. The van der Waals surface area contributed by atoms with Crippen LogP contribution in [0.15, 0.2) is 47.3 Å². The van der Waals surface area contributed by atoms with Crippen molar-refractivity contribution < 1.29 is 14.3 Å². The molecule has 2 aromatic carbocycles. The lowest BCUT2D eigenvalue weighted by Crippen LogP contribution is -2.20. The minimum atomic E-state index is -0.523. The summed E-state index contributed by atoms with van der Waals surface area (Å²) in [6.07, 6.45) is 0. The predicted molar refractivity (Wildman–Crippen MR) is 110 cm³/mol. The molecule has 29 heavy (non-hydrogen) atoms. The molecule has 0 aliphatic carbocycles. The van der Waals surface area contributed by atoms with Gasteiger partial charge in [0, 0.05) is 0 Å². The Morgan fingerprint density at radius 1 is 1.21 bits per heavy atom. The molecule has 0 aliphatic rings. The second-order valence-electron chi connectivity index (χ2n) is 6.00. The van der Waals surface area contributed by atoms with Crippen LogP contribution in [0.1, 0.15) is 17.3 Å². The van der Waals surface area contributed by atoms with Crippen LogP contribution in [-0.2, 0) is 4.74 Å². The van der Waals surface area contributed by atoms with Crippen LogP contribution >= 0.6 is 0 Å². The van der Waals surface area contributed by atoms with E-state index in [4.69, 9.17) is 21.1 Å². The highest BCUT2D eigenvalue weighted by atomic mass is 16.5. The van der Waals surface area contributed by atoms with Gasteiger partial charge in [0.25, 0.3) is 5.56 Å². The third-order valence-electron chi connectivity index (χ3n) is 4.27. The number of H-pyrrole nitrogens is 1. The van der Waals surface area contributed by atoms with E-state index in [0.717, 1.165) is 5.56 Å². The summed E-state index contributed by atoms with van der Waals surface area (Å²) in [6, 6.07) is 12.4. The molecule has 0 radical (unpaired) electrons. The molecule has 0 saturated carbocycles. The maximum Gasteiger partial charge on any atom is 0.338 e. The number of methoxy groups -OCH3 is 1. The molecule has 0 saturated heterocycles. The number of carbonyl (C=O) groups is 1. The summed E-state index contributed by atoms with van der Waals surface area (Å²) in [4.78, 5) is 31.1. The van der Waals surface area contributed by atoms with Gasteiger partial charge in [-0.3, -0.25) is 4.79 Å². The lowest BCUT2D eigenvalue weighted by atomic mass is 9.98. The minimum absolute atomic E-state index is 0.0614. The summed E-state index contributed by atoms with van der Waals surface area (Å²) < 4.78 is 10.6. The molecule has 3 rings (SSSR count). The summed E-state index contributed by atoms with van der Waals surface area (Å²) in [7, 11) is 1.33. The van der Waals surface area contributed by atoms with Gasteiger partial charge in [0.1, 0.15) is 17.3 Å². The molecule has 1 heterocycles. The fourth-order valence-electron chi connectivity index (χ4n) is 2.90. The predicted octanol–water partition coefficient (Wildman–Crippen LogP) is 2.16. The van der Waals surface area contributed by atoms with Crippen LogP contribution in [-0.4, -0.2) is 29.7 Å². The molecule has 9 nitrogen and oxygen atoms in total. The third-order valence-corrected chi connectivity index (χ3v) is 4.27. The van der Waals surface area contributed by atoms with E-state index >= 15 is 0 Å². The number of nitrogens with one attached hydrogen (secondary N) is 2. The van der Waals surface area contributed by atoms with Crippen LogP contribution < -0.4 is 27.3 Å². The minimum Gasteiger partial charge on any atom is -0.493 e. The van der Waals surface area contributed by atoms with Crippen LogP contribution in [0.3, 0.4) is 0 Å². The Hall–Kier alpha value is -3.85. The number of esters is 1. The van der Waals surface area contributed by atoms with Gasteiger partial charge in [0.05, 0.1) is 24.8 Å². The molecule has 0 atom stereocenters. The van der Waals surface area contributed by atoms with Gasteiger partial charge in [-0.2, -0.15) is 0 Å². The Kier molecular flexibility index (Phi) is 5.79. The normalized spacial score (nSPS) is 10.4. The Labute approximate surface area is 166 Å². The quantitative estimate of drug-likeness (QED) is 0.282. The van der Waals surface area contributed by atoms with E-state index in [-0.39, 0.29) is 17.3 Å². The average molecular weight is 395 g/mol. The van der Waals surface area contributed by atoms with Crippen LogP contribution in [0, 0.1) is 0 Å². The van der Waals surface area contributed by atoms with E-state index in [0.29, 0.717) is 29.0 Å². The van der Waals surface area contributed by atoms with Gasteiger partial charge in [-0.1, -0.05) is 24.3 Å². The number of aromatic nitrogens is 2. The molecule has 1 aromatic heterocycles. The zero-order valence-electron chi connectivity index (χ0n) is 16.0. The summed E-state index contributed by atoms with van der Waals surface area (Å²) >= 11 is 0. The number of nitrogens with two attached hydrogens (primary N) is 2. The van der Waals surface area contributed by atoms with E-state index in [9.17, 15) is 9.59 Å². The number of hydrogen-bond donors (Lipinski definition) is 4. The number of ether oxygens (including phenoxy) is 2. The van der Waals surface area contributed by atoms with Crippen molar-refractivity contribution >= 4 is 17.5 Å². The first-order valence-electron chi connectivity index (χ1n) is 8.81. The first-order valence-corrected chi connectivity index (χ1v) is 8.81. The van der Waals surface area contributed by atoms with E-state index in [1.54, 1.807) is 30.3 Å². The number of hydrazine groups is 1. The zero-order chi connectivity index (χ0) is 21.0. The monoisotopic (exact) mass is 395 g/mol. The summed E-state index contributed by atoms with van der Waals surface area (Å²) in [5, 5.41) is 0. The largest absolute Gasteiger partial charge is 0.493 e. The molecular formula is C20H21N5O4. The number of rotatable bonds is 6. The zero-order valence-corrected chi connectivity index (χ0v) is 16.0. The maximum absolute atomic E-state index is 12.1. The van der Waals surface area contributed by atoms with Gasteiger partial charge < -0.3 is 25.6 Å². The van der Waals surface area contributed by atoms with Crippen molar-refractivity contribution in [1.29, 1.82) is 0 Å². The van der Waals surface area contributed by atoms with Crippen molar-refractivity contribution in [2.45, 2.75) is 6.92 Å². The SMILES string of the molecule is CCOc1cc(-c2ccccc2C(=O)OC)ccc1-c1nc(NN)c(N)c(=O)[nH]1. The fourth-order valence-corrected chi connectivity index (χ4v) is 2.90. The van der Waals surface area contributed by atoms with Crippen LogP contribution in [0.2, 0.25) is 0 Å². The summed E-state index contributed by atoms with van der Waals surface area (Å²) in [5.74, 6) is 5.74. The van der Waals surface area contributed by atoms with Crippen molar-refractivity contribution in [3.8, 4) is 28.3 Å². The Balaban J connectivity index is 2.16. The molecule has 9 heteroatoms. The molecule has 0 amide bonds. The second-order valence-corrected chi connectivity index (χ2v) is 6.00. The number of carbonyl (C=O) groups excluding carboxylic acids is 1. The molecule has 6 N–H and O–H groups in total. The van der Waals surface area contributed by atoms with Gasteiger partial charge in [0.15, 0.2) is 5.82 Å². The number of aromatic amines is 1. The third kappa shape index (κ3) is 3.90. The Morgan fingerprint density at radius 2 is 1.97 bits per heavy atom. The molecule has 150 valence electrons. The molecule has 3 aromatic rings. The van der Waals surface area contributed by atoms with Crippen LogP contribution in [0.25, 0.3) is 22.5 Å². The van der Waals surface area contributed by atoms with E-state index in [1.165, 1.54) is 7.11 Å². The van der Waals surface area contributed by atoms with Crippen molar-refractivity contribution in [3.63, 3.8) is 0 Å². The molecule has 0 spiro atoms. The van der Waals surface area contributed by atoms with E-state index < -0.39 is 11.5 Å². The van der Waals surface area contributed by atoms with Crippen molar-refractivity contribution in [1.82, 2.24) is 9.97 Å². The van der Waals surface area contributed by atoms with Gasteiger partial charge in [-0.15, -0.1) is 0 Å². The number of nitrogen functional groups attached to an aromatic ring is 2. The van der Waals surface area contributed by atoms with E-state index in [2.05, 4.69) is 15.4 Å². The molecule has 0 bridgehead atoms. The Bertz CT molecular complexity index is 1110. The Morgan fingerprint density at radius 3 is 2.66 bits per heavy atom. The lowest BCUT2D eigenvalue weighted by molar-refractivity contribution is 0.0601. The van der Waals surface area contributed by atoms with Gasteiger partial charge in [-0.05, 0) is 36.2 Å². The molecule has 0 aliphatic heterocycles. The highest BCUT2D eigenvalue weighted by Gasteiger charge is 2.17. The van der Waals surface area contributed by atoms with Gasteiger partial charge in [0.2, 0.25) is 0 Å². The van der Waals surface area contributed by atoms with Gasteiger partial charge >= 0.3 is 5.97 Å². The number of benzene rings is 2. The topological polar surface area (TPSA) is 145 Å². The van der Waals surface area contributed by atoms with Crippen molar-refractivity contribution in [3.05, 3.63) is 58.4 Å². The van der Waals surface area contributed by atoms with Crippen molar-refractivity contribution in [2.75, 3.05) is 24.9 Å². The standard InChI is InChI=1S/C20H21N5O4/c1-3-29-15-10-11(12-6-4-5-7-13(12)20(27)28-2)8-9-14(15)17-23-18(25-22)16(21)19(26)24-17/h4-10H,3,21-22H2,1-2H3,(H2,23,24,25,26). The number of hydrogen-bond acceptors (Lipinski definition) is 8. The number of nitrogens with zero attached hydrogens (tertiary/aromatic N) is 1. The van der Waals surface area contributed by atoms with Crippen LogP contribution in [0.4, 0.5) is 11.5 Å². The fraction of sp³-hybridized carbons (Fsp3) is 0.150. The van der Waals surface area contributed by atoms with E-state index in [1.807, 2.05) is 19.1 Å². The molecule has 0 unspecified atom stereocenters. The smallest absolute Gasteiger partial charge is 0.338 e. The maximum atomic E-state index is 12.1. The lowest BCUT2D eigenvalue weighted by Gasteiger charge is -2.14. The summed E-state index contributed by atoms with van der Waals surface area (Å²) in [5.41, 5.74) is 9.75. The highest BCUT2D eigenvalue weighted by molar-refractivity contribution is 5.97. The molecule has 0 fully saturated rings. The highest BCUT2D eigenvalue weighted by Crippen LogP contribution is 2.34. The first kappa shape index (κ1) is 19.9. The summed E-state index contributed by atoms with van der Waals surface area (Å²) in [6.45, 7) is 2.22. The van der Waals surface area contributed by atoms with Crippen LogP contribution in [0.5, 0.6) is 5.75 Å². The average Bonchev–Trinajstić information content (AvgIpc) is 2.75. The first-order chi connectivity index (χ1) is 14.0.